The van der Waals surface area contributed by atoms with Crippen LogP contribution in [0.3, 0.4) is 0 Å². The summed E-state index contributed by atoms with van der Waals surface area (Å²) in [5, 5.41) is 6.51. The topological polar surface area (TPSA) is 76.9 Å². The van der Waals surface area contributed by atoms with Gasteiger partial charge in [-0.1, -0.05) is 6.07 Å². The average molecular weight is 356 g/mol. The second kappa shape index (κ2) is 7.64. The van der Waals surface area contributed by atoms with Gasteiger partial charge >= 0.3 is 0 Å². The molecule has 0 bridgehead atoms. The summed E-state index contributed by atoms with van der Waals surface area (Å²) >= 11 is 0. The highest BCUT2D eigenvalue weighted by Crippen LogP contribution is 2.13. The van der Waals surface area contributed by atoms with Crippen LogP contribution < -0.4 is 10.9 Å². The lowest BCUT2D eigenvalue weighted by Crippen LogP contribution is -2.33. The maximum absolute atomic E-state index is 13.6. The number of pyridine rings is 1. The first-order valence-corrected chi connectivity index (χ1v) is 7.73. The molecule has 2 aromatic heterocycles. The Balaban J connectivity index is 1.72. The van der Waals surface area contributed by atoms with Crippen molar-refractivity contribution in [2.24, 2.45) is 0 Å². The number of halogens is 2. The summed E-state index contributed by atoms with van der Waals surface area (Å²) in [7, 11) is 0. The molecule has 0 aliphatic rings. The van der Waals surface area contributed by atoms with E-state index in [4.69, 9.17) is 0 Å². The number of rotatable bonds is 5. The van der Waals surface area contributed by atoms with Gasteiger partial charge in [0.25, 0.3) is 5.56 Å². The van der Waals surface area contributed by atoms with Crippen LogP contribution in [-0.2, 0) is 17.9 Å². The van der Waals surface area contributed by atoms with E-state index in [1.165, 1.54) is 18.2 Å². The number of nitrogens with zero attached hydrogens (tertiary/aromatic N) is 3. The van der Waals surface area contributed by atoms with Crippen LogP contribution >= 0.6 is 0 Å². The van der Waals surface area contributed by atoms with Gasteiger partial charge in [0, 0.05) is 36.1 Å². The molecule has 0 saturated heterocycles. The maximum atomic E-state index is 13.6. The smallest absolute Gasteiger partial charge is 0.267 e. The highest BCUT2D eigenvalue weighted by Gasteiger charge is 2.12. The molecule has 6 nitrogen and oxygen atoms in total. The molecule has 3 rings (SSSR count). The Kier molecular flexibility index (Phi) is 5.12. The Labute approximate surface area is 147 Å². The normalized spacial score (nSPS) is 10.5. The van der Waals surface area contributed by atoms with Crippen LogP contribution in [0.15, 0.2) is 59.7 Å². The molecule has 1 amide bonds. The molecular formula is C18H14F2N4O2. The fourth-order valence-corrected chi connectivity index (χ4v) is 2.31. The zero-order valence-corrected chi connectivity index (χ0v) is 13.5. The van der Waals surface area contributed by atoms with E-state index in [1.807, 2.05) is 0 Å². The summed E-state index contributed by atoms with van der Waals surface area (Å²) in [5.41, 5.74) is 0.455. The molecule has 1 aromatic carbocycles. The lowest BCUT2D eigenvalue weighted by Gasteiger charge is -2.09. The van der Waals surface area contributed by atoms with Crippen molar-refractivity contribution in [3.63, 3.8) is 0 Å². The minimum atomic E-state index is -0.751. The van der Waals surface area contributed by atoms with Gasteiger partial charge in [0.05, 0.1) is 5.69 Å². The summed E-state index contributed by atoms with van der Waals surface area (Å²) in [6, 6.07) is 9.76. The number of hydrogen-bond acceptors (Lipinski definition) is 4. The van der Waals surface area contributed by atoms with E-state index < -0.39 is 23.1 Å². The Hall–Kier alpha value is -3.42. The van der Waals surface area contributed by atoms with Crippen molar-refractivity contribution in [3.05, 3.63) is 82.4 Å². The first kappa shape index (κ1) is 17.4. The van der Waals surface area contributed by atoms with Gasteiger partial charge in [-0.15, -0.1) is 0 Å². The third-order valence-corrected chi connectivity index (χ3v) is 3.64. The molecule has 3 aromatic rings. The Morgan fingerprint density at radius 2 is 1.85 bits per heavy atom. The molecule has 1 N–H and O–H groups in total. The molecule has 0 atom stereocenters. The molecule has 0 unspecified atom stereocenters. The number of carbonyl (C=O) groups is 1. The van der Waals surface area contributed by atoms with Gasteiger partial charge in [0.1, 0.15) is 18.2 Å². The van der Waals surface area contributed by atoms with E-state index in [1.54, 1.807) is 24.5 Å². The molecule has 26 heavy (non-hydrogen) atoms. The number of carbonyl (C=O) groups excluding carboxylic acids is 1. The molecule has 132 valence electrons. The van der Waals surface area contributed by atoms with Crippen LogP contribution in [-0.4, -0.2) is 20.7 Å². The van der Waals surface area contributed by atoms with Crippen molar-refractivity contribution in [1.82, 2.24) is 20.1 Å². The fourth-order valence-electron chi connectivity index (χ4n) is 2.31. The van der Waals surface area contributed by atoms with Gasteiger partial charge < -0.3 is 5.32 Å². The zero-order chi connectivity index (χ0) is 18.5. The van der Waals surface area contributed by atoms with Gasteiger partial charge in [-0.2, -0.15) is 5.10 Å². The van der Waals surface area contributed by atoms with E-state index in [9.17, 15) is 18.4 Å². The Morgan fingerprint density at radius 3 is 2.54 bits per heavy atom. The maximum Gasteiger partial charge on any atom is 0.267 e. The molecule has 0 saturated carbocycles. The zero-order valence-electron chi connectivity index (χ0n) is 13.5. The third-order valence-electron chi connectivity index (χ3n) is 3.64. The molecule has 8 heteroatoms. The van der Waals surface area contributed by atoms with Crippen LogP contribution in [0.4, 0.5) is 8.78 Å². The summed E-state index contributed by atoms with van der Waals surface area (Å²) in [6.07, 6.45) is 3.19. The lowest BCUT2D eigenvalue weighted by atomic mass is 10.2. The Morgan fingerprint density at radius 1 is 1.08 bits per heavy atom. The van der Waals surface area contributed by atoms with E-state index >= 15 is 0 Å². The standard InChI is InChI=1S/C18H14F2N4O2/c19-14-4-1-5-15(20)13(14)10-22-17(25)11-24-18(26)7-6-16(23-24)12-3-2-8-21-9-12/h1-9H,10-11H2,(H,22,25). The average Bonchev–Trinajstić information content (AvgIpc) is 2.64. The van der Waals surface area contributed by atoms with E-state index in [0.29, 0.717) is 11.3 Å². The quantitative estimate of drug-likeness (QED) is 0.758. The van der Waals surface area contributed by atoms with Crippen LogP contribution in [0.2, 0.25) is 0 Å². The largest absolute Gasteiger partial charge is 0.350 e. The van der Waals surface area contributed by atoms with Crippen molar-refractivity contribution < 1.29 is 13.6 Å². The number of nitrogens with one attached hydrogen (secondary N) is 1. The molecule has 0 aliphatic heterocycles. The Bertz CT molecular complexity index is 970. The van der Waals surface area contributed by atoms with E-state index in [0.717, 1.165) is 16.8 Å². The second-order valence-corrected chi connectivity index (χ2v) is 5.43. The predicted molar refractivity (Wildman–Crippen MR) is 89.9 cm³/mol. The number of amides is 1. The molecular weight excluding hydrogens is 342 g/mol. The minimum Gasteiger partial charge on any atom is -0.350 e. The molecule has 0 fully saturated rings. The highest BCUT2D eigenvalue weighted by atomic mass is 19.1. The number of benzene rings is 1. The van der Waals surface area contributed by atoms with Gasteiger partial charge in [-0.05, 0) is 30.3 Å². The van der Waals surface area contributed by atoms with E-state index in [2.05, 4.69) is 15.4 Å². The molecule has 2 heterocycles. The first-order chi connectivity index (χ1) is 12.5. The van der Waals surface area contributed by atoms with Gasteiger partial charge in [-0.3, -0.25) is 14.6 Å². The van der Waals surface area contributed by atoms with Crippen molar-refractivity contribution in [2.45, 2.75) is 13.1 Å². The third kappa shape index (κ3) is 3.97. The summed E-state index contributed by atoms with van der Waals surface area (Å²) < 4.78 is 28.1. The van der Waals surface area contributed by atoms with Gasteiger partial charge in [0.15, 0.2) is 0 Å². The number of aromatic nitrogens is 3. The van der Waals surface area contributed by atoms with Crippen molar-refractivity contribution in [2.75, 3.05) is 0 Å². The van der Waals surface area contributed by atoms with Crippen LogP contribution in [0.5, 0.6) is 0 Å². The van der Waals surface area contributed by atoms with Gasteiger partial charge in [0.2, 0.25) is 5.91 Å². The fraction of sp³-hybridized carbons (Fsp3) is 0.111. The summed E-state index contributed by atoms with van der Waals surface area (Å²) in [6.45, 7) is -0.697. The molecule has 0 spiro atoms. The predicted octanol–water partition coefficient (Wildman–Crippen LogP) is 1.90. The molecule has 0 aliphatic carbocycles. The SMILES string of the molecule is O=C(Cn1nc(-c2cccnc2)ccc1=O)NCc1c(F)cccc1F. The molecule has 0 radical (unpaired) electrons. The monoisotopic (exact) mass is 356 g/mol. The van der Waals surface area contributed by atoms with Crippen molar-refractivity contribution >= 4 is 5.91 Å². The first-order valence-electron chi connectivity index (χ1n) is 7.73. The minimum absolute atomic E-state index is 0.245. The summed E-state index contributed by atoms with van der Waals surface area (Å²) in [4.78, 5) is 27.9. The van der Waals surface area contributed by atoms with Crippen molar-refractivity contribution in [1.29, 1.82) is 0 Å². The number of hydrogen-bond donors (Lipinski definition) is 1. The van der Waals surface area contributed by atoms with Gasteiger partial charge in [-0.25, -0.2) is 13.5 Å². The van der Waals surface area contributed by atoms with E-state index in [-0.39, 0.29) is 18.7 Å². The second-order valence-electron chi connectivity index (χ2n) is 5.43. The van der Waals surface area contributed by atoms with Crippen molar-refractivity contribution in [3.8, 4) is 11.3 Å². The van der Waals surface area contributed by atoms with Crippen LogP contribution in [0.25, 0.3) is 11.3 Å². The summed E-state index contributed by atoms with van der Waals surface area (Å²) in [5.74, 6) is -2.09. The van der Waals surface area contributed by atoms with Crippen LogP contribution in [0, 0.1) is 11.6 Å². The highest BCUT2D eigenvalue weighted by molar-refractivity contribution is 5.75. The van der Waals surface area contributed by atoms with Crippen LogP contribution in [0.1, 0.15) is 5.56 Å². The lowest BCUT2D eigenvalue weighted by molar-refractivity contribution is -0.122.